The summed E-state index contributed by atoms with van der Waals surface area (Å²) in [6.07, 6.45) is 3.80. The highest BCUT2D eigenvalue weighted by Crippen LogP contribution is 2.32. The SMILES string of the molecule is O=C(CCc1ccc2c(c1)OCO2)Nc1cccc(CS(=O)(=O)N2CCCCC2)c1. The highest BCUT2D eigenvalue weighted by Gasteiger charge is 2.24. The fraction of sp³-hybridized carbons (Fsp3) is 0.409. The van der Waals surface area contributed by atoms with Gasteiger partial charge in [0, 0.05) is 25.2 Å². The van der Waals surface area contributed by atoms with Crippen LogP contribution in [0.3, 0.4) is 0 Å². The Hall–Kier alpha value is -2.58. The van der Waals surface area contributed by atoms with Gasteiger partial charge in [-0.15, -0.1) is 0 Å². The van der Waals surface area contributed by atoms with E-state index in [1.807, 2.05) is 18.2 Å². The van der Waals surface area contributed by atoms with Crippen LogP contribution in [0.5, 0.6) is 11.5 Å². The second-order valence-electron chi connectivity index (χ2n) is 7.65. The first-order valence-electron chi connectivity index (χ1n) is 10.2. The number of piperidine rings is 1. The lowest BCUT2D eigenvalue weighted by atomic mass is 10.1. The Morgan fingerprint density at radius 2 is 1.77 bits per heavy atom. The van der Waals surface area contributed by atoms with Gasteiger partial charge in [0.2, 0.25) is 22.7 Å². The largest absolute Gasteiger partial charge is 0.454 e. The molecule has 0 unspecified atom stereocenters. The van der Waals surface area contributed by atoms with Gasteiger partial charge in [-0.1, -0.05) is 24.6 Å². The van der Waals surface area contributed by atoms with Crippen LogP contribution in [0.1, 0.15) is 36.8 Å². The monoisotopic (exact) mass is 430 g/mol. The van der Waals surface area contributed by atoms with E-state index in [4.69, 9.17) is 9.47 Å². The lowest BCUT2D eigenvalue weighted by Gasteiger charge is -2.25. The fourth-order valence-corrected chi connectivity index (χ4v) is 5.36. The van der Waals surface area contributed by atoms with Gasteiger partial charge in [-0.2, -0.15) is 0 Å². The number of carbonyl (C=O) groups is 1. The van der Waals surface area contributed by atoms with Crippen LogP contribution in [0.25, 0.3) is 0 Å². The van der Waals surface area contributed by atoms with E-state index in [1.165, 1.54) is 0 Å². The Kier molecular flexibility index (Phi) is 6.24. The van der Waals surface area contributed by atoms with Crippen molar-refractivity contribution in [2.45, 2.75) is 37.9 Å². The Morgan fingerprint density at radius 1 is 0.967 bits per heavy atom. The molecule has 30 heavy (non-hydrogen) atoms. The van der Waals surface area contributed by atoms with Gasteiger partial charge >= 0.3 is 0 Å². The minimum atomic E-state index is -3.33. The molecule has 0 radical (unpaired) electrons. The maximum Gasteiger partial charge on any atom is 0.231 e. The Labute approximate surface area is 177 Å². The topological polar surface area (TPSA) is 84.9 Å². The van der Waals surface area contributed by atoms with Crippen molar-refractivity contribution in [3.63, 3.8) is 0 Å². The van der Waals surface area contributed by atoms with Gasteiger partial charge in [-0.05, 0) is 54.7 Å². The molecule has 0 aromatic heterocycles. The molecule has 2 aliphatic rings. The first-order valence-corrected chi connectivity index (χ1v) is 11.9. The fourth-order valence-electron chi connectivity index (χ4n) is 3.76. The third-order valence-electron chi connectivity index (χ3n) is 5.35. The zero-order chi connectivity index (χ0) is 21.0. The molecule has 0 bridgehead atoms. The van der Waals surface area contributed by atoms with Gasteiger partial charge in [0.25, 0.3) is 0 Å². The molecule has 2 heterocycles. The van der Waals surface area contributed by atoms with E-state index < -0.39 is 10.0 Å². The second-order valence-corrected chi connectivity index (χ2v) is 9.62. The predicted octanol–water partition coefficient (Wildman–Crippen LogP) is 3.30. The number of carbonyl (C=O) groups excluding carboxylic acids is 1. The number of hydrogen-bond donors (Lipinski definition) is 1. The summed E-state index contributed by atoms with van der Waals surface area (Å²) in [4.78, 5) is 12.4. The molecule has 1 amide bonds. The first-order chi connectivity index (χ1) is 14.5. The quantitative estimate of drug-likeness (QED) is 0.729. The van der Waals surface area contributed by atoms with Crippen molar-refractivity contribution in [1.29, 1.82) is 0 Å². The zero-order valence-corrected chi connectivity index (χ0v) is 17.6. The Balaban J connectivity index is 1.32. The molecule has 1 fully saturated rings. The standard InChI is InChI=1S/C22H26N2O5S/c25-22(10-8-17-7-9-20-21(14-17)29-16-28-20)23-19-6-4-5-18(13-19)15-30(26,27)24-11-2-1-3-12-24/h4-7,9,13-14H,1-3,8,10-12,15-16H2,(H,23,25). The Bertz CT molecular complexity index is 1020. The molecule has 2 aromatic carbocycles. The summed E-state index contributed by atoms with van der Waals surface area (Å²) >= 11 is 0. The average Bonchev–Trinajstić information content (AvgIpc) is 3.21. The highest BCUT2D eigenvalue weighted by atomic mass is 32.2. The lowest BCUT2D eigenvalue weighted by Crippen LogP contribution is -2.36. The van der Waals surface area contributed by atoms with Gasteiger partial charge in [0.15, 0.2) is 11.5 Å². The number of aryl methyl sites for hydroxylation is 1. The van der Waals surface area contributed by atoms with Crippen LogP contribution in [-0.4, -0.2) is 38.5 Å². The number of anilines is 1. The van der Waals surface area contributed by atoms with Crippen LogP contribution in [-0.2, 0) is 27.0 Å². The van der Waals surface area contributed by atoms with Crippen LogP contribution in [0.4, 0.5) is 5.69 Å². The number of benzene rings is 2. The maximum absolute atomic E-state index is 12.6. The normalized spacial score (nSPS) is 16.4. The van der Waals surface area contributed by atoms with Crippen LogP contribution in [0.2, 0.25) is 0 Å². The number of fused-ring (bicyclic) bond motifs is 1. The van der Waals surface area contributed by atoms with Gasteiger partial charge in [0.1, 0.15) is 0 Å². The molecule has 2 aliphatic heterocycles. The maximum atomic E-state index is 12.6. The van der Waals surface area contributed by atoms with Gasteiger partial charge in [0.05, 0.1) is 5.75 Å². The van der Waals surface area contributed by atoms with Gasteiger partial charge in [-0.3, -0.25) is 4.79 Å². The minimum absolute atomic E-state index is 0.0477. The molecule has 0 atom stereocenters. The van der Waals surface area contributed by atoms with Crippen molar-refractivity contribution in [3.05, 3.63) is 53.6 Å². The first kappa shape index (κ1) is 20.7. The summed E-state index contributed by atoms with van der Waals surface area (Å²) in [6, 6.07) is 12.7. The number of ether oxygens (including phenoxy) is 2. The van der Waals surface area contributed by atoms with Crippen molar-refractivity contribution in [1.82, 2.24) is 4.31 Å². The lowest BCUT2D eigenvalue weighted by molar-refractivity contribution is -0.116. The third-order valence-corrected chi connectivity index (χ3v) is 7.20. The summed E-state index contributed by atoms with van der Waals surface area (Å²) in [5.41, 5.74) is 2.28. The van der Waals surface area contributed by atoms with E-state index in [2.05, 4.69) is 5.32 Å². The molecular formula is C22H26N2O5S. The van der Waals surface area contributed by atoms with E-state index in [-0.39, 0.29) is 18.5 Å². The van der Waals surface area contributed by atoms with Crippen LogP contribution < -0.4 is 14.8 Å². The predicted molar refractivity (Wildman–Crippen MR) is 114 cm³/mol. The van der Waals surface area contributed by atoms with E-state index in [9.17, 15) is 13.2 Å². The second kappa shape index (κ2) is 9.06. The molecule has 1 saturated heterocycles. The van der Waals surface area contributed by atoms with Crippen molar-refractivity contribution >= 4 is 21.6 Å². The zero-order valence-electron chi connectivity index (χ0n) is 16.8. The molecular weight excluding hydrogens is 404 g/mol. The summed E-state index contributed by atoms with van der Waals surface area (Å²) in [5, 5.41) is 2.87. The van der Waals surface area contributed by atoms with Gasteiger partial charge in [-0.25, -0.2) is 12.7 Å². The molecule has 4 rings (SSSR count). The molecule has 2 aromatic rings. The van der Waals surface area contributed by atoms with Gasteiger partial charge < -0.3 is 14.8 Å². The summed E-state index contributed by atoms with van der Waals surface area (Å²) in [5.74, 6) is 1.26. The van der Waals surface area contributed by atoms with Crippen LogP contribution in [0, 0.1) is 0 Å². The minimum Gasteiger partial charge on any atom is -0.454 e. The van der Waals surface area contributed by atoms with E-state index >= 15 is 0 Å². The van der Waals surface area contributed by atoms with Crippen LogP contribution >= 0.6 is 0 Å². The molecule has 0 aliphatic carbocycles. The highest BCUT2D eigenvalue weighted by molar-refractivity contribution is 7.88. The number of nitrogens with zero attached hydrogens (tertiary/aromatic N) is 1. The van der Waals surface area contributed by atoms with Crippen LogP contribution in [0.15, 0.2) is 42.5 Å². The van der Waals surface area contributed by atoms with E-state index in [0.717, 1.165) is 30.6 Å². The molecule has 0 saturated carbocycles. The molecule has 160 valence electrons. The molecule has 0 spiro atoms. The van der Waals surface area contributed by atoms with Crippen molar-refractivity contribution in [2.75, 3.05) is 25.2 Å². The summed E-state index contributed by atoms with van der Waals surface area (Å²) in [6.45, 7) is 1.42. The van der Waals surface area contributed by atoms with Crippen molar-refractivity contribution < 1.29 is 22.7 Å². The number of amides is 1. The number of nitrogens with one attached hydrogen (secondary N) is 1. The number of rotatable bonds is 7. The number of sulfonamides is 1. The van der Waals surface area contributed by atoms with E-state index in [1.54, 1.807) is 28.6 Å². The average molecular weight is 431 g/mol. The molecule has 8 heteroatoms. The Morgan fingerprint density at radius 3 is 2.60 bits per heavy atom. The number of hydrogen-bond acceptors (Lipinski definition) is 5. The smallest absolute Gasteiger partial charge is 0.231 e. The van der Waals surface area contributed by atoms with Crippen molar-refractivity contribution in [2.24, 2.45) is 0 Å². The summed E-state index contributed by atoms with van der Waals surface area (Å²) < 4.78 is 37.5. The molecule has 1 N–H and O–H groups in total. The molecule has 7 nitrogen and oxygen atoms in total. The van der Waals surface area contributed by atoms with Crippen molar-refractivity contribution in [3.8, 4) is 11.5 Å². The van der Waals surface area contributed by atoms with E-state index in [0.29, 0.717) is 42.9 Å². The summed E-state index contributed by atoms with van der Waals surface area (Å²) in [7, 11) is -3.33. The third kappa shape index (κ3) is 5.12.